The highest BCUT2D eigenvalue weighted by molar-refractivity contribution is 5.99. The lowest BCUT2D eigenvalue weighted by Crippen LogP contribution is -2.38. The number of aromatic nitrogens is 2. The number of nitrogens with one attached hydrogen (secondary N) is 1. The maximum Gasteiger partial charge on any atom is 0.254 e. The number of unbranched alkanes of at least 4 members (excludes halogenated alkanes) is 3. The van der Waals surface area contributed by atoms with E-state index in [1.165, 1.54) is 24.8 Å². The second kappa shape index (κ2) is 13.4. The van der Waals surface area contributed by atoms with Crippen molar-refractivity contribution < 1.29 is 9.59 Å². The molecule has 4 rings (SSSR count). The summed E-state index contributed by atoms with van der Waals surface area (Å²) in [4.78, 5) is 27.9. The Bertz CT molecular complexity index is 1310. The molecule has 3 aromatic carbocycles. The van der Waals surface area contributed by atoms with Crippen molar-refractivity contribution in [2.75, 3.05) is 18.4 Å². The largest absolute Gasteiger partial charge is 0.330 e. The molecule has 1 aromatic heterocycles. The van der Waals surface area contributed by atoms with E-state index < -0.39 is 0 Å². The second-order valence-electron chi connectivity index (χ2n) is 9.40. The van der Waals surface area contributed by atoms with E-state index in [1.807, 2.05) is 97.9 Å². The first-order valence-corrected chi connectivity index (χ1v) is 13.5. The lowest BCUT2D eigenvalue weighted by molar-refractivity contribution is -0.116. The predicted octanol–water partition coefficient (Wildman–Crippen LogP) is 6.76. The van der Waals surface area contributed by atoms with E-state index in [1.54, 1.807) is 9.58 Å². The lowest BCUT2D eigenvalue weighted by atomic mass is 10.0. The van der Waals surface area contributed by atoms with Crippen LogP contribution in [0.4, 0.5) is 5.82 Å². The predicted molar refractivity (Wildman–Crippen MR) is 153 cm³/mol. The maximum absolute atomic E-state index is 13.2. The van der Waals surface area contributed by atoms with E-state index in [0.29, 0.717) is 17.9 Å². The fourth-order valence-electron chi connectivity index (χ4n) is 4.42. The van der Waals surface area contributed by atoms with Crippen molar-refractivity contribution in [3.8, 4) is 16.9 Å². The van der Waals surface area contributed by atoms with Gasteiger partial charge in [0, 0.05) is 23.7 Å². The first-order chi connectivity index (χ1) is 18.6. The van der Waals surface area contributed by atoms with Crippen molar-refractivity contribution in [2.24, 2.45) is 0 Å². The first-order valence-electron chi connectivity index (χ1n) is 13.5. The fourth-order valence-corrected chi connectivity index (χ4v) is 4.42. The number of nitrogens with zero attached hydrogens (tertiary/aromatic N) is 3. The van der Waals surface area contributed by atoms with E-state index in [0.717, 1.165) is 29.8 Å². The molecule has 2 amide bonds. The van der Waals surface area contributed by atoms with Crippen LogP contribution in [0.2, 0.25) is 0 Å². The van der Waals surface area contributed by atoms with Gasteiger partial charge in [-0.2, -0.15) is 5.10 Å². The van der Waals surface area contributed by atoms with Gasteiger partial charge in [-0.3, -0.25) is 9.59 Å². The number of benzene rings is 3. The molecule has 0 radical (unpaired) electrons. The van der Waals surface area contributed by atoms with Gasteiger partial charge in [-0.25, -0.2) is 4.68 Å². The molecule has 0 aliphatic rings. The van der Waals surface area contributed by atoms with Crippen molar-refractivity contribution in [2.45, 2.75) is 46.0 Å². The van der Waals surface area contributed by atoms with Crippen LogP contribution in [0.1, 0.15) is 55.5 Å². The number of hydrogen-bond donors (Lipinski definition) is 1. The molecule has 0 aliphatic heterocycles. The summed E-state index contributed by atoms with van der Waals surface area (Å²) in [6.07, 6.45) is 5.88. The Morgan fingerprint density at radius 3 is 2.18 bits per heavy atom. The Morgan fingerprint density at radius 1 is 0.842 bits per heavy atom. The molecule has 0 spiro atoms. The molecule has 1 heterocycles. The minimum Gasteiger partial charge on any atom is -0.330 e. The van der Waals surface area contributed by atoms with Crippen molar-refractivity contribution >= 4 is 17.6 Å². The summed E-state index contributed by atoms with van der Waals surface area (Å²) in [6, 6.07) is 29.2. The van der Waals surface area contributed by atoms with Crippen molar-refractivity contribution in [1.29, 1.82) is 0 Å². The van der Waals surface area contributed by atoms with Gasteiger partial charge in [0.1, 0.15) is 12.4 Å². The SMILES string of the molecule is CCCCCCc1ccc(C(=O)N(CC)CC(=O)Nc2cc(-c3ccccc3)nn2-c2ccccc2)cc1. The summed E-state index contributed by atoms with van der Waals surface area (Å²) < 4.78 is 1.72. The Labute approximate surface area is 225 Å². The monoisotopic (exact) mass is 508 g/mol. The van der Waals surface area contributed by atoms with Crippen LogP contribution in [0, 0.1) is 0 Å². The van der Waals surface area contributed by atoms with Crippen molar-refractivity contribution in [3.63, 3.8) is 0 Å². The maximum atomic E-state index is 13.2. The average molecular weight is 509 g/mol. The van der Waals surface area contributed by atoms with Crippen LogP contribution in [0.25, 0.3) is 16.9 Å². The fraction of sp³-hybridized carbons (Fsp3) is 0.281. The number of carbonyl (C=O) groups excluding carboxylic acids is 2. The summed E-state index contributed by atoms with van der Waals surface area (Å²) >= 11 is 0. The Balaban J connectivity index is 1.45. The van der Waals surface area contributed by atoms with Crippen LogP contribution in [0.5, 0.6) is 0 Å². The molecular formula is C32H36N4O2. The molecule has 4 aromatic rings. The average Bonchev–Trinajstić information content (AvgIpc) is 3.38. The normalized spacial score (nSPS) is 10.8. The molecule has 1 N–H and O–H groups in total. The number of likely N-dealkylation sites (N-methyl/N-ethyl adjacent to an activating group) is 1. The minimum atomic E-state index is -0.274. The molecule has 38 heavy (non-hydrogen) atoms. The highest BCUT2D eigenvalue weighted by Crippen LogP contribution is 2.25. The Hall–Kier alpha value is -4.19. The quantitative estimate of drug-likeness (QED) is 0.215. The summed E-state index contributed by atoms with van der Waals surface area (Å²) in [6.45, 7) is 4.47. The number of aryl methyl sites for hydroxylation is 1. The Morgan fingerprint density at radius 2 is 1.53 bits per heavy atom. The molecule has 0 saturated heterocycles. The van der Waals surface area contributed by atoms with Crippen molar-refractivity contribution in [3.05, 3.63) is 102 Å². The zero-order valence-corrected chi connectivity index (χ0v) is 22.3. The third-order valence-electron chi connectivity index (χ3n) is 6.57. The minimum absolute atomic E-state index is 0.0469. The number of rotatable bonds is 12. The number of anilines is 1. The van der Waals surface area contributed by atoms with E-state index >= 15 is 0 Å². The summed E-state index contributed by atoms with van der Waals surface area (Å²) in [5, 5.41) is 7.73. The zero-order chi connectivity index (χ0) is 26.7. The van der Waals surface area contributed by atoms with E-state index in [2.05, 4.69) is 12.2 Å². The van der Waals surface area contributed by atoms with E-state index in [-0.39, 0.29) is 18.4 Å². The van der Waals surface area contributed by atoms with Crippen LogP contribution in [-0.4, -0.2) is 39.6 Å². The van der Waals surface area contributed by atoms with Gasteiger partial charge in [0.15, 0.2) is 0 Å². The third kappa shape index (κ3) is 6.97. The second-order valence-corrected chi connectivity index (χ2v) is 9.40. The van der Waals surface area contributed by atoms with Crippen LogP contribution >= 0.6 is 0 Å². The van der Waals surface area contributed by atoms with E-state index in [9.17, 15) is 9.59 Å². The van der Waals surface area contributed by atoms with Gasteiger partial charge < -0.3 is 10.2 Å². The van der Waals surface area contributed by atoms with Gasteiger partial charge in [-0.1, -0.05) is 86.8 Å². The molecule has 6 nitrogen and oxygen atoms in total. The molecule has 0 bridgehead atoms. The first kappa shape index (κ1) is 26.9. The molecule has 0 aliphatic carbocycles. The van der Waals surface area contributed by atoms with Crippen LogP contribution in [0.3, 0.4) is 0 Å². The summed E-state index contributed by atoms with van der Waals surface area (Å²) in [5.41, 5.74) is 4.38. The molecule has 0 unspecified atom stereocenters. The smallest absolute Gasteiger partial charge is 0.254 e. The lowest BCUT2D eigenvalue weighted by Gasteiger charge is -2.20. The third-order valence-corrected chi connectivity index (χ3v) is 6.57. The molecular weight excluding hydrogens is 472 g/mol. The molecule has 0 fully saturated rings. The van der Waals surface area contributed by atoms with Crippen LogP contribution in [0.15, 0.2) is 91.0 Å². The van der Waals surface area contributed by atoms with Gasteiger partial charge in [-0.15, -0.1) is 0 Å². The summed E-state index contributed by atoms with van der Waals surface area (Å²) in [7, 11) is 0. The standard InChI is InChI=1S/C32H36N4O2/c1-3-5-6-9-14-25-19-21-27(22-20-25)32(38)35(4-2)24-31(37)33-30-23-29(26-15-10-7-11-16-26)34-36(30)28-17-12-8-13-18-28/h7-8,10-13,15-23H,3-6,9,14,24H2,1-2H3,(H,33,37). The number of amides is 2. The van der Waals surface area contributed by atoms with Gasteiger partial charge in [0.25, 0.3) is 5.91 Å². The molecule has 196 valence electrons. The Kier molecular flexibility index (Phi) is 9.46. The molecule has 0 atom stereocenters. The van der Waals surface area contributed by atoms with Gasteiger partial charge in [0.2, 0.25) is 5.91 Å². The number of carbonyl (C=O) groups is 2. The summed E-state index contributed by atoms with van der Waals surface area (Å²) in [5.74, 6) is 0.127. The van der Waals surface area contributed by atoms with Crippen LogP contribution < -0.4 is 5.32 Å². The van der Waals surface area contributed by atoms with Crippen LogP contribution in [-0.2, 0) is 11.2 Å². The molecule has 0 saturated carbocycles. The van der Waals surface area contributed by atoms with E-state index in [4.69, 9.17) is 5.10 Å². The highest BCUT2D eigenvalue weighted by atomic mass is 16.2. The molecule has 6 heteroatoms. The topological polar surface area (TPSA) is 67.2 Å². The van der Waals surface area contributed by atoms with Gasteiger partial charge in [-0.05, 0) is 49.6 Å². The number of para-hydroxylation sites is 1. The highest BCUT2D eigenvalue weighted by Gasteiger charge is 2.19. The van der Waals surface area contributed by atoms with Gasteiger partial charge in [0.05, 0.1) is 11.4 Å². The van der Waals surface area contributed by atoms with Crippen molar-refractivity contribution in [1.82, 2.24) is 14.7 Å². The zero-order valence-electron chi connectivity index (χ0n) is 22.3. The number of hydrogen-bond acceptors (Lipinski definition) is 3. The van der Waals surface area contributed by atoms with Gasteiger partial charge >= 0.3 is 0 Å².